The van der Waals surface area contributed by atoms with Crippen LogP contribution in [0.2, 0.25) is 0 Å². The maximum atomic E-state index is 12.7. The fourth-order valence-corrected chi connectivity index (χ4v) is 4.14. The second-order valence-electron chi connectivity index (χ2n) is 8.84. The number of anilines is 2. The third-order valence-corrected chi connectivity index (χ3v) is 6.18. The van der Waals surface area contributed by atoms with Crippen molar-refractivity contribution in [1.82, 2.24) is 5.32 Å². The summed E-state index contributed by atoms with van der Waals surface area (Å²) in [6, 6.07) is 21.9. The average Bonchev–Trinajstić information content (AvgIpc) is 3.30. The lowest BCUT2D eigenvalue weighted by Crippen LogP contribution is -2.32. The van der Waals surface area contributed by atoms with E-state index >= 15 is 0 Å². The molecule has 1 heterocycles. The lowest BCUT2D eigenvalue weighted by Gasteiger charge is -2.17. The van der Waals surface area contributed by atoms with Gasteiger partial charge in [0.05, 0.1) is 12.5 Å². The van der Waals surface area contributed by atoms with Gasteiger partial charge in [-0.3, -0.25) is 14.4 Å². The number of benzene rings is 3. The molecular formula is C29H31N3O5. The number of ether oxygens (including phenoxy) is 2. The fourth-order valence-electron chi connectivity index (χ4n) is 4.14. The average molecular weight is 502 g/mol. The normalized spacial score (nSPS) is 14.8. The summed E-state index contributed by atoms with van der Waals surface area (Å²) in [5.74, 6) is 0.325. The van der Waals surface area contributed by atoms with Gasteiger partial charge in [0.1, 0.15) is 11.5 Å². The second-order valence-corrected chi connectivity index (χ2v) is 8.84. The molecule has 0 saturated carbocycles. The number of nitrogens with one attached hydrogen (secondary N) is 2. The topological polar surface area (TPSA) is 97.0 Å². The van der Waals surface area contributed by atoms with E-state index in [1.807, 2.05) is 38.1 Å². The van der Waals surface area contributed by atoms with Crippen molar-refractivity contribution < 1.29 is 23.9 Å². The van der Waals surface area contributed by atoms with E-state index < -0.39 is 5.92 Å². The molecule has 3 aromatic rings. The molecule has 1 aliphatic rings. The van der Waals surface area contributed by atoms with Crippen LogP contribution in [0.15, 0.2) is 72.8 Å². The van der Waals surface area contributed by atoms with Crippen molar-refractivity contribution in [2.24, 2.45) is 5.92 Å². The first-order valence-corrected chi connectivity index (χ1v) is 12.3. The van der Waals surface area contributed by atoms with Gasteiger partial charge in [-0.15, -0.1) is 0 Å². The van der Waals surface area contributed by atoms with Crippen molar-refractivity contribution in [2.75, 3.05) is 30.0 Å². The van der Waals surface area contributed by atoms with Crippen LogP contribution in [0.5, 0.6) is 11.5 Å². The maximum Gasteiger partial charge on any atom is 0.262 e. The van der Waals surface area contributed by atoms with Crippen LogP contribution in [0.4, 0.5) is 11.4 Å². The first-order valence-electron chi connectivity index (χ1n) is 12.3. The molecule has 2 N–H and O–H groups in total. The molecular weight excluding hydrogens is 470 g/mol. The van der Waals surface area contributed by atoms with Gasteiger partial charge in [0.25, 0.3) is 5.91 Å². The third-order valence-electron chi connectivity index (χ3n) is 6.18. The molecule has 0 unspecified atom stereocenters. The summed E-state index contributed by atoms with van der Waals surface area (Å²) < 4.78 is 11.0. The molecule has 3 amide bonds. The minimum absolute atomic E-state index is 0.0977. The van der Waals surface area contributed by atoms with Gasteiger partial charge in [0.15, 0.2) is 6.61 Å². The lowest BCUT2D eigenvalue weighted by atomic mass is 10.1. The van der Waals surface area contributed by atoms with Gasteiger partial charge in [-0.2, -0.15) is 0 Å². The van der Waals surface area contributed by atoms with E-state index in [1.165, 1.54) is 0 Å². The minimum Gasteiger partial charge on any atom is -0.494 e. The number of amides is 3. The van der Waals surface area contributed by atoms with Crippen LogP contribution in [-0.2, 0) is 20.9 Å². The molecule has 1 fully saturated rings. The van der Waals surface area contributed by atoms with Gasteiger partial charge >= 0.3 is 0 Å². The summed E-state index contributed by atoms with van der Waals surface area (Å²) in [4.78, 5) is 39.1. The van der Waals surface area contributed by atoms with Crippen molar-refractivity contribution in [3.63, 3.8) is 0 Å². The summed E-state index contributed by atoms with van der Waals surface area (Å²) in [5.41, 5.74) is 3.51. The Labute approximate surface area is 216 Å². The van der Waals surface area contributed by atoms with Crippen LogP contribution in [0.1, 0.15) is 24.5 Å². The molecule has 0 aromatic heterocycles. The first-order chi connectivity index (χ1) is 17.9. The van der Waals surface area contributed by atoms with Gasteiger partial charge in [-0.05, 0) is 73.5 Å². The van der Waals surface area contributed by atoms with E-state index in [0.717, 1.165) is 16.9 Å². The Morgan fingerprint density at radius 2 is 1.62 bits per heavy atom. The minimum atomic E-state index is -0.404. The molecule has 8 nitrogen and oxygen atoms in total. The fraction of sp³-hybridized carbons (Fsp3) is 0.276. The van der Waals surface area contributed by atoms with Crippen molar-refractivity contribution in [3.8, 4) is 11.5 Å². The van der Waals surface area contributed by atoms with Crippen molar-refractivity contribution >= 4 is 29.1 Å². The number of carbonyl (C=O) groups excluding carboxylic acids is 3. The highest BCUT2D eigenvalue weighted by atomic mass is 16.5. The molecule has 8 heteroatoms. The monoisotopic (exact) mass is 501 g/mol. The molecule has 192 valence electrons. The van der Waals surface area contributed by atoms with Crippen LogP contribution in [0, 0.1) is 12.8 Å². The van der Waals surface area contributed by atoms with E-state index in [2.05, 4.69) is 10.6 Å². The Morgan fingerprint density at radius 3 is 2.32 bits per heavy atom. The Balaban J connectivity index is 1.25. The van der Waals surface area contributed by atoms with Crippen molar-refractivity contribution in [1.29, 1.82) is 0 Å². The summed E-state index contributed by atoms with van der Waals surface area (Å²) in [6.45, 7) is 5.10. The van der Waals surface area contributed by atoms with Gasteiger partial charge in [0.2, 0.25) is 11.8 Å². The zero-order chi connectivity index (χ0) is 26.2. The van der Waals surface area contributed by atoms with E-state index in [9.17, 15) is 14.4 Å². The number of carbonyl (C=O) groups is 3. The Kier molecular flexibility index (Phi) is 8.40. The highest BCUT2D eigenvalue weighted by Gasteiger charge is 2.35. The number of hydrogen-bond acceptors (Lipinski definition) is 5. The number of aryl methyl sites for hydroxylation is 1. The van der Waals surface area contributed by atoms with E-state index in [-0.39, 0.29) is 30.7 Å². The SMILES string of the molecule is CCOc1ccc(NC(=O)COc2ccc(N3C[C@H](C(=O)NCc4ccccc4C)CC3=O)cc2)cc1. The highest BCUT2D eigenvalue weighted by molar-refractivity contribution is 6.00. The molecule has 37 heavy (non-hydrogen) atoms. The summed E-state index contributed by atoms with van der Waals surface area (Å²) in [6.07, 6.45) is 0.170. The number of nitrogens with zero attached hydrogens (tertiary/aromatic N) is 1. The highest BCUT2D eigenvalue weighted by Crippen LogP contribution is 2.27. The summed E-state index contributed by atoms with van der Waals surface area (Å²) >= 11 is 0. The Morgan fingerprint density at radius 1 is 0.946 bits per heavy atom. The Hall–Kier alpha value is -4.33. The predicted octanol–water partition coefficient (Wildman–Crippen LogP) is 4.08. The predicted molar refractivity (Wildman–Crippen MR) is 142 cm³/mol. The molecule has 0 bridgehead atoms. The number of rotatable bonds is 10. The molecule has 0 aliphatic carbocycles. The molecule has 3 aromatic carbocycles. The van der Waals surface area contributed by atoms with Gasteiger partial charge in [-0.25, -0.2) is 0 Å². The van der Waals surface area contributed by atoms with Crippen molar-refractivity contribution in [3.05, 3.63) is 83.9 Å². The summed E-state index contributed by atoms with van der Waals surface area (Å²) in [7, 11) is 0. The van der Waals surface area contributed by atoms with Crippen LogP contribution in [0.3, 0.4) is 0 Å². The second kappa shape index (κ2) is 12.1. The van der Waals surface area contributed by atoms with E-state index in [0.29, 0.717) is 36.8 Å². The standard InChI is InChI=1S/C29H31N3O5/c1-3-36-25-12-8-23(9-13-25)31-27(33)19-37-26-14-10-24(11-15-26)32-18-22(16-28(32)34)29(35)30-17-21-7-5-4-6-20(21)2/h4-15,22H,3,16-19H2,1-2H3,(H,30,35)(H,31,33)/t22-/m1/s1. The van der Waals surface area contributed by atoms with Gasteiger partial charge in [-0.1, -0.05) is 24.3 Å². The van der Waals surface area contributed by atoms with Crippen LogP contribution in [-0.4, -0.2) is 37.5 Å². The molecule has 4 rings (SSSR count). The zero-order valence-corrected chi connectivity index (χ0v) is 21.0. The summed E-state index contributed by atoms with van der Waals surface area (Å²) in [5, 5.41) is 5.73. The molecule has 1 saturated heterocycles. The van der Waals surface area contributed by atoms with Crippen molar-refractivity contribution in [2.45, 2.75) is 26.8 Å². The Bertz CT molecular complexity index is 1240. The largest absolute Gasteiger partial charge is 0.494 e. The smallest absolute Gasteiger partial charge is 0.262 e. The van der Waals surface area contributed by atoms with Crippen LogP contribution in [0.25, 0.3) is 0 Å². The quantitative estimate of drug-likeness (QED) is 0.436. The molecule has 1 atom stereocenters. The zero-order valence-electron chi connectivity index (χ0n) is 21.0. The van der Waals surface area contributed by atoms with Crippen LogP contribution < -0.4 is 25.0 Å². The first kappa shape index (κ1) is 25.8. The van der Waals surface area contributed by atoms with Gasteiger partial charge < -0.3 is 25.0 Å². The lowest BCUT2D eigenvalue weighted by molar-refractivity contribution is -0.126. The molecule has 1 aliphatic heterocycles. The van der Waals surface area contributed by atoms with E-state index in [1.54, 1.807) is 53.4 Å². The molecule has 0 spiro atoms. The maximum absolute atomic E-state index is 12.7. The molecule has 0 radical (unpaired) electrons. The number of hydrogen-bond donors (Lipinski definition) is 2. The van der Waals surface area contributed by atoms with Crippen LogP contribution >= 0.6 is 0 Å². The van der Waals surface area contributed by atoms with E-state index in [4.69, 9.17) is 9.47 Å². The van der Waals surface area contributed by atoms with Gasteiger partial charge in [0, 0.05) is 30.9 Å². The third kappa shape index (κ3) is 6.88.